The summed E-state index contributed by atoms with van der Waals surface area (Å²) in [6.07, 6.45) is 8.21. The smallest absolute Gasteiger partial charge is 0.331 e. The number of aliphatic hydroxyl groups is 2. The summed E-state index contributed by atoms with van der Waals surface area (Å²) in [5, 5.41) is 16.9. The Morgan fingerprint density at radius 1 is 0.600 bits per heavy atom. The Hall–Kier alpha value is -1.14. The first kappa shape index (κ1) is 18.9. The summed E-state index contributed by atoms with van der Waals surface area (Å²) in [6, 6.07) is 0. The molecule has 0 aliphatic rings. The second-order valence-electron chi connectivity index (χ2n) is 4.59. The Labute approximate surface area is 120 Å². The molecule has 118 valence electrons. The maximum atomic E-state index is 10.6. The van der Waals surface area contributed by atoms with Gasteiger partial charge in [-0.25, -0.2) is 9.59 Å². The number of rotatable bonds is 13. The van der Waals surface area contributed by atoms with Crippen LogP contribution in [0.3, 0.4) is 0 Å². The molecule has 0 heterocycles. The highest BCUT2D eigenvalue weighted by molar-refractivity contribution is 5.70. The van der Waals surface area contributed by atoms with Gasteiger partial charge in [-0.3, -0.25) is 0 Å². The van der Waals surface area contributed by atoms with Crippen molar-refractivity contribution in [2.75, 3.05) is 26.4 Å². The lowest BCUT2D eigenvalue weighted by Crippen LogP contribution is -2.09. The van der Waals surface area contributed by atoms with Crippen LogP contribution in [0.2, 0.25) is 0 Å². The number of carbonyl (C=O) groups excluding carboxylic acids is 2. The van der Waals surface area contributed by atoms with Gasteiger partial charge in [0.15, 0.2) is 0 Å². The van der Waals surface area contributed by atoms with Crippen molar-refractivity contribution < 1.29 is 29.3 Å². The van der Waals surface area contributed by atoms with Crippen LogP contribution < -0.4 is 0 Å². The predicted octanol–water partition coefficient (Wildman–Crippen LogP) is 1.18. The molecular weight excluding hydrogens is 264 g/mol. The quantitative estimate of drug-likeness (QED) is 0.391. The monoisotopic (exact) mass is 290 g/mol. The molecule has 0 saturated heterocycles. The van der Waals surface area contributed by atoms with E-state index in [-0.39, 0.29) is 0 Å². The summed E-state index contributed by atoms with van der Waals surface area (Å²) in [7, 11) is 0. The molecule has 0 radical (unpaired) electrons. The van der Waals surface area contributed by atoms with Crippen molar-refractivity contribution in [2.45, 2.75) is 51.4 Å². The number of hydrogen-bond donors (Lipinski definition) is 2. The first-order chi connectivity index (χ1) is 9.70. The normalized spacial score (nSPS) is 10.3. The number of unbranched alkanes of at least 4 members (excludes halogenated alkanes) is 7. The summed E-state index contributed by atoms with van der Waals surface area (Å²) >= 11 is 0. The van der Waals surface area contributed by atoms with Crippen LogP contribution in [-0.4, -0.2) is 48.6 Å². The van der Waals surface area contributed by atoms with Crippen molar-refractivity contribution in [3.05, 3.63) is 0 Å². The molecule has 0 unspecified atom stereocenters. The molecule has 6 heteroatoms. The van der Waals surface area contributed by atoms with Crippen LogP contribution in [0.5, 0.6) is 0 Å². The molecule has 20 heavy (non-hydrogen) atoms. The van der Waals surface area contributed by atoms with E-state index in [1.807, 2.05) is 0 Å². The third-order valence-corrected chi connectivity index (χ3v) is 2.82. The standard InChI is InChI=1S/C14H26O6/c15-11-13(17)19-9-7-5-3-1-2-4-6-8-10-20-14(18)12-16/h15-16H,1-12H2. The molecule has 0 spiro atoms. The number of ether oxygens (including phenoxy) is 2. The van der Waals surface area contributed by atoms with E-state index in [9.17, 15) is 9.59 Å². The third-order valence-electron chi connectivity index (χ3n) is 2.82. The lowest BCUT2D eigenvalue weighted by molar-refractivity contribution is -0.147. The molecule has 0 aliphatic heterocycles. The van der Waals surface area contributed by atoms with Crippen molar-refractivity contribution >= 4 is 11.9 Å². The zero-order valence-corrected chi connectivity index (χ0v) is 12.0. The molecule has 6 nitrogen and oxygen atoms in total. The summed E-state index contributed by atoms with van der Waals surface area (Å²) < 4.78 is 9.49. The van der Waals surface area contributed by atoms with Crippen LogP contribution >= 0.6 is 0 Å². The van der Waals surface area contributed by atoms with E-state index in [2.05, 4.69) is 0 Å². The molecule has 0 aromatic rings. The fourth-order valence-corrected chi connectivity index (χ4v) is 1.73. The van der Waals surface area contributed by atoms with Crippen molar-refractivity contribution in [3.63, 3.8) is 0 Å². The van der Waals surface area contributed by atoms with Gasteiger partial charge in [0.05, 0.1) is 13.2 Å². The van der Waals surface area contributed by atoms with Gasteiger partial charge < -0.3 is 19.7 Å². The van der Waals surface area contributed by atoms with Crippen LogP contribution in [0.25, 0.3) is 0 Å². The van der Waals surface area contributed by atoms with Gasteiger partial charge in [-0.15, -0.1) is 0 Å². The molecule has 0 aromatic carbocycles. The van der Waals surface area contributed by atoms with E-state index in [0.29, 0.717) is 13.2 Å². The summed E-state index contributed by atoms with van der Waals surface area (Å²) in [5.41, 5.74) is 0. The van der Waals surface area contributed by atoms with Crippen LogP contribution in [0.4, 0.5) is 0 Å². The van der Waals surface area contributed by atoms with E-state index in [4.69, 9.17) is 19.7 Å². The number of carbonyl (C=O) groups is 2. The summed E-state index contributed by atoms with van der Waals surface area (Å²) in [6.45, 7) is -0.327. The Morgan fingerprint density at radius 2 is 0.900 bits per heavy atom. The van der Waals surface area contributed by atoms with Gasteiger partial charge in [0.25, 0.3) is 0 Å². The molecular formula is C14H26O6. The van der Waals surface area contributed by atoms with Gasteiger partial charge in [0.1, 0.15) is 13.2 Å². The Balaban J connectivity index is 3.06. The summed E-state index contributed by atoms with van der Waals surface area (Å²) in [5.74, 6) is -1.13. The van der Waals surface area contributed by atoms with E-state index < -0.39 is 25.2 Å². The van der Waals surface area contributed by atoms with Gasteiger partial charge >= 0.3 is 11.9 Å². The van der Waals surface area contributed by atoms with Crippen LogP contribution in [0, 0.1) is 0 Å². The van der Waals surface area contributed by atoms with Gasteiger partial charge in [0.2, 0.25) is 0 Å². The SMILES string of the molecule is O=C(CO)OCCCCCCCCCCOC(=O)CO. The number of hydrogen-bond acceptors (Lipinski definition) is 6. The minimum atomic E-state index is -0.563. The lowest BCUT2D eigenvalue weighted by atomic mass is 10.1. The van der Waals surface area contributed by atoms with E-state index >= 15 is 0 Å². The second-order valence-corrected chi connectivity index (χ2v) is 4.59. The topological polar surface area (TPSA) is 93.1 Å². The van der Waals surface area contributed by atoms with Gasteiger partial charge in [-0.05, 0) is 12.8 Å². The first-order valence-corrected chi connectivity index (χ1v) is 7.23. The maximum Gasteiger partial charge on any atom is 0.331 e. The van der Waals surface area contributed by atoms with Crippen LogP contribution in [0.15, 0.2) is 0 Å². The van der Waals surface area contributed by atoms with Crippen molar-refractivity contribution in [2.24, 2.45) is 0 Å². The first-order valence-electron chi connectivity index (χ1n) is 7.23. The molecule has 0 aromatic heterocycles. The zero-order valence-electron chi connectivity index (χ0n) is 12.0. The number of esters is 2. The zero-order chi connectivity index (χ0) is 15.1. The fourth-order valence-electron chi connectivity index (χ4n) is 1.73. The molecule has 0 bridgehead atoms. The molecule has 0 amide bonds. The van der Waals surface area contributed by atoms with Crippen molar-refractivity contribution in [1.82, 2.24) is 0 Å². The highest BCUT2D eigenvalue weighted by Crippen LogP contribution is 2.08. The highest BCUT2D eigenvalue weighted by Gasteiger charge is 1.99. The maximum absolute atomic E-state index is 10.6. The average Bonchev–Trinajstić information content (AvgIpc) is 2.47. The molecule has 2 N–H and O–H groups in total. The van der Waals surface area contributed by atoms with Crippen molar-refractivity contribution in [1.29, 1.82) is 0 Å². The average molecular weight is 290 g/mol. The minimum Gasteiger partial charge on any atom is -0.464 e. The minimum absolute atomic E-state index is 0.385. The third kappa shape index (κ3) is 13.3. The molecule has 0 rings (SSSR count). The number of aliphatic hydroxyl groups excluding tert-OH is 2. The fraction of sp³-hybridized carbons (Fsp3) is 0.857. The second kappa shape index (κ2) is 14.3. The van der Waals surface area contributed by atoms with E-state index in [1.165, 1.54) is 0 Å². The predicted molar refractivity (Wildman–Crippen MR) is 73.0 cm³/mol. The van der Waals surface area contributed by atoms with Crippen LogP contribution in [-0.2, 0) is 19.1 Å². The van der Waals surface area contributed by atoms with E-state index in [1.54, 1.807) is 0 Å². The van der Waals surface area contributed by atoms with Gasteiger partial charge in [-0.1, -0.05) is 38.5 Å². The molecule has 0 aliphatic carbocycles. The van der Waals surface area contributed by atoms with Gasteiger partial charge in [0, 0.05) is 0 Å². The van der Waals surface area contributed by atoms with Gasteiger partial charge in [-0.2, -0.15) is 0 Å². The Bertz CT molecular complexity index is 228. The molecule has 0 fully saturated rings. The molecule has 0 saturated carbocycles. The lowest BCUT2D eigenvalue weighted by Gasteiger charge is -2.04. The van der Waals surface area contributed by atoms with E-state index in [0.717, 1.165) is 51.4 Å². The Kier molecular flexibility index (Phi) is 13.5. The summed E-state index contributed by atoms with van der Waals surface area (Å²) in [4.78, 5) is 21.2. The highest BCUT2D eigenvalue weighted by atomic mass is 16.5. The largest absolute Gasteiger partial charge is 0.464 e. The van der Waals surface area contributed by atoms with Crippen LogP contribution in [0.1, 0.15) is 51.4 Å². The van der Waals surface area contributed by atoms with Crippen molar-refractivity contribution in [3.8, 4) is 0 Å². The Morgan fingerprint density at radius 3 is 1.20 bits per heavy atom. The molecule has 0 atom stereocenters.